The van der Waals surface area contributed by atoms with Crippen molar-refractivity contribution in [3.63, 3.8) is 0 Å². The third-order valence-corrected chi connectivity index (χ3v) is 1.16. The number of carbonyl (C=O) groups is 1. The minimum Gasteiger partial charge on any atom is -0.394 e. The van der Waals surface area contributed by atoms with E-state index >= 15 is 0 Å². The standard InChI is InChI=1S/C7H15NO2/c1-3-4-7(10)8-6(2)5-9/h6,9H,3-5H2,1-2H3,(H,8,10)/t6-/m1/s1. The molecule has 0 aromatic heterocycles. The molecule has 1 atom stereocenters. The first kappa shape index (κ1) is 9.43. The zero-order chi connectivity index (χ0) is 7.98. The van der Waals surface area contributed by atoms with Crippen LogP contribution < -0.4 is 5.32 Å². The molecule has 0 spiro atoms. The Hall–Kier alpha value is -0.570. The number of carbonyl (C=O) groups excluding carboxylic acids is 1. The summed E-state index contributed by atoms with van der Waals surface area (Å²) in [6, 6.07) is -0.112. The quantitative estimate of drug-likeness (QED) is 0.597. The van der Waals surface area contributed by atoms with Gasteiger partial charge in [-0.2, -0.15) is 0 Å². The van der Waals surface area contributed by atoms with Crippen molar-refractivity contribution < 1.29 is 9.90 Å². The maximum atomic E-state index is 10.8. The Morgan fingerprint density at radius 1 is 1.70 bits per heavy atom. The molecule has 0 aromatic carbocycles. The van der Waals surface area contributed by atoms with E-state index in [2.05, 4.69) is 5.32 Å². The number of amides is 1. The maximum absolute atomic E-state index is 10.8. The number of aliphatic hydroxyl groups excluding tert-OH is 1. The second kappa shape index (κ2) is 5.23. The molecule has 0 rings (SSSR count). The number of hydrogen-bond donors (Lipinski definition) is 2. The first-order chi connectivity index (χ1) is 4.70. The summed E-state index contributed by atoms with van der Waals surface area (Å²) in [5.74, 6) is 0.0176. The molecule has 3 nitrogen and oxygen atoms in total. The van der Waals surface area contributed by atoms with Gasteiger partial charge in [0.2, 0.25) is 5.91 Å². The van der Waals surface area contributed by atoms with Crippen molar-refractivity contribution in [2.24, 2.45) is 0 Å². The fraction of sp³-hybridized carbons (Fsp3) is 0.857. The van der Waals surface area contributed by atoms with Crippen LogP contribution in [0.1, 0.15) is 26.7 Å². The van der Waals surface area contributed by atoms with Crippen LogP contribution in [0.2, 0.25) is 0 Å². The Bertz CT molecular complexity index is 104. The zero-order valence-corrected chi connectivity index (χ0v) is 6.55. The van der Waals surface area contributed by atoms with Gasteiger partial charge in [-0.3, -0.25) is 4.79 Å². The predicted octanol–water partition coefficient (Wildman–Crippen LogP) is 0.283. The molecule has 1 amide bonds. The fourth-order valence-corrected chi connectivity index (χ4v) is 0.620. The van der Waals surface area contributed by atoms with E-state index in [9.17, 15) is 4.79 Å². The van der Waals surface area contributed by atoms with Gasteiger partial charge in [0.1, 0.15) is 0 Å². The van der Waals surface area contributed by atoms with E-state index in [1.807, 2.05) is 6.92 Å². The van der Waals surface area contributed by atoms with Gasteiger partial charge in [0.15, 0.2) is 0 Å². The van der Waals surface area contributed by atoms with E-state index in [0.29, 0.717) is 6.42 Å². The van der Waals surface area contributed by atoms with Crippen LogP contribution in [0.15, 0.2) is 0 Å². The molecule has 0 aliphatic rings. The molecular formula is C7H15NO2. The van der Waals surface area contributed by atoms with Crippen LogP contribution in [0.3, 0.4) is 0 Å². The van der Waals surface area contributed by atoms with Crippen molar-refractivity contribution in [2.75, 3.05) is 6.61 Å². The lowest BCUT2D eigenvalue weighted by Crippen LogP contribution is -2.34. The average molecular weight is 145 g/mol. The van der Waals surface area contributed by atoms with Crippen LogP contribution in [0.4, 0.5) is 0 Å². The van der Waals surface area contributed by atoms with Crippen molar-refractivity contribution in [1.82, 2.24) is 5.32 Å². The molecular weight excluding hydrogens is 130 g/mol. The Balaban J connectivity index is 3.37. The lowest BCUT2D eigenvalue weighted by molar-refractivity contribution is -0.122. The van der Waals surface area contributed by atoms with E-state index in [1.54, 1.807) is 6.92 Å². The molecule has 0 aliphatic heterocycles. The Labute approximate surface area is 61.4 Å². The third kappa shape index (κ3) is 4.32. The molecule has 0 saturated carbocycles. The van der Waals surface area contributed by atoms with Crippen LogP contribution >= 0.6 is 0 Å². The number of aliphatic hydroxyl groups is 1. The van der Waals surface area contributed by atoms with Gasteiger partial charge in [0.05, 0.1) is 6.61 Å². The largest absolute Gasteiger partial charge is 0.394 e. The second-order valence-corrected chi connectivity index (χ2v) is 2.40. The number of hydrogen-bond acceptors (Lipinski definition) is 2. The van der Waals surface area contributed by atoms with Gasteiger partial charge >= 0.3 is 0 Å². The molecule has 0 fully saturated rings. The van der Waals surface area contributed by atoms with Gasteiger partial charge in [0.25, 0.3) is 0 Å². The summed E-state index contributed by atoms with van der Waals surface area (Å²) in [5, 5.41) is 11.2. The lowest BCUT2D eigenvalue weighted by atomic mass is 10.3. The van der Waals surface area contributed by atoms with Crippen molar-refractivity contribution in [3.8, 4) is 0 Å². The monoisotopic (exact) mass is 145 g/mol. The molecule has 3 heteroatoms. The van der Waals surface area contributed by atoms with Crippen LogP contribution in [-0.4, -0.2) is 23.7 Å². The van der Waals surface area contributed by atoms with Gasteiger partial charge in [0, 0.05) is 12.5 Å². The lowest BCUT2D eigenvalue weighted by Gasteiger charge is -2.09. The molecule has 0 radical (unpaired) electrons. The topological polar surface area (TPSA) is 49.3 Å². The van der Waals surface area contributed by atoms with Gasteiger partial charge in [-0.25, -0.2) is 0 Å². The summed E-state index contributed by atoms with van der Waals surface area (Å²) >= 11 is 0. The number of nitrogens with one attached hydrogen (secondary N) is 1. The minimum atomic E-state index is -0.112. The maximum Gasteiger partial charge on any atom is 0.220 e. The van der Waals surface area contributed by atoms with Crippen LogP contribution in [0.5, 0.6) is 0 Å². The van der Waals surface area contributed by atoms with E-state index in [4.69, 9.17) is 5.11 Å². The Morgan fingerprint density at radius 2 is 2.30 bits per heavy atom. The first-order valence-corrected chi connectivity index (χ1v) is 3.61. The molecule has 60 valence electrons. The summed E-state index contributed by atoms with van der Waals surface area (Å²) in [6.07, 6.45) is 1.40. The molecule has 0 aromatic rings. The first-order valence-electron chi connectivity index (χ1n) is 3.61. The second-order valence-electron chi connectivity index (χ2n) is 2.40. The fourth-order valence-electron chi connectivity index (χ4n) is 0.620. The van der Waals surface area contributed by atoms with Gasteiger partial charge < -0.3 is 10.4 Å². The molecule has 0 heterocycles. The molecule has 0 saturated heterocycles. The van der Waals surface area contributed by atoms with Crippen LogP contribution in [0, 0.1) is 0 Å². The highest BCUT2D eigenvalue weighted by Crippen LogP contribution is 1.87. The highest BCUT2D eigenvalue weighted by molar-refractivity contribution is 5.76. The van der Waals surface area contributed by atoms with E-state index in [1.165, 1.54) is 0 Å². The van der Waals surface area contributed by atoms with Crippen molar-refractivity contribution in [3.05, 3.63) is 0 Å². The molecule has 0 aliphatic carbocycles. The molecule has 10 heavy (non-hydrogen) atoms. The van der Waals surface area contributed by atoms with E-state index in [0.717, 1.165) is 6.42 Å². The summed E-state index contributed by atoms with van der Waals surface area (Å²) < 4.78 is 0. The number of rotatable bonds is 4. The summed E-state index contributed by atoms with van der Waals surface area (Å²) in [5.41, 5.74) is 0. The van der Waals surface area contributed by atoms with Crippen LogP contribution in [-0.2, 0) is 4.79 Å². The van der Waals surface area contributed by atoms with Crippen molar-refractivity contribution in [1.29, 1.82) is 0 Å². The smallest absolute Gasteiger partial charge is 0.220 e. The molecule has 2 N–H and O–H groups in total. The van der Waals surface area contributed by atoms with Gasteiger partial charge in [-0.1, -0.05) is 6.92 Å². The minimum absolute atomic E-state index is 0.00938. The highest BCUT2D eigenvalue weighted by Gasteiger charge is 2.03. The highest BCUT2D eigenvalue weighted by atomic mass is 16.3. The molecule has 0 unspecified atom stereocenters. The van der Waals surface area contributed by atoms with Gasteiger partial charge in [-0.05, 0) is 13.3 Å². The average Bonchev–Trinajstić information content (AvgIpc) is 1.88. The zero-order valence-electron chi connectivity index (χ0n) is 6.55. The summed E-state index contributed by atoms with van der Waals surface area (Å²) in [6.45, 7) is 3.73. The summed E-state index contributed by atoms with van der Waals surface area (Å²) in [4.78, 5) is 10.8. The van der Waals surface area contributed by atoms with Crippen LogP contribution in [0.25, 0.3) is 0 Å². The van der Waals surface area contributed by atoms with Gasteiger partial charge in [-0.15, -0.1) is 0 Å². The summed E-state index contributed by atoms with van der Waals surface area (Å²) in [7, 11) is 0. The Morgan fingerprint density at radius 3 is 2.70 bits per heavy atom. The SMILES string of the molecule is CCCC(=O)N[C@H](C)CO. The van der Waals surface area contributed by atoms with E-state index in [-0.39, 0.29) is 18.6 Å². The van der Waals surface area contributed by atoms with Crippen molar-refractivity contribution >= 4 is 5.91 Å². The Kier molecular flexibility index (Phi) is 4.94. The van der Waals surface area contributed by atoms with Crippen molar-refractivity contribution in [2.45, 2.75) is 32.7 Å². The molecule has 0 bridgehead atoms. The predicted molar refractivity (Wildman–Crippen MR) is 39.6 cm³/mol. The van der Waals surface area contributed by atoms with E-state index < -0.39 is 0 Å². The normalized spacial score (nSPS) is 12.7. The third-order valence-electron chi connectivity index (χ3n) is 1.16.